The van der Waals surface area contributed by atoms with Gasteiger partial charge in [-0.15, -0.1) is 0 Å². The average Bonchev–Trinajstić information content (AvgIpc) is 2.63. The van der Waals surface area contributed by atoms with E-state index in [2.05, 4.69) is 27.7 Å². The Morgan fingerprint density at radius 1 is 0.720 bits per heavy atom. The second-order valence-corrected chi connectivity index (χ2v) is 11.9. The molecule has 3 heteroatoms. The summed E-state index contributed by atoms with van der Waals surface area (Å²) in [6.07, 6.45) is 10.4. The molecule has 0 aliphatic carbocycles. The molecule has 0 fully saturated rings. The molecular formula is C22H41O2P. The van der Waals surface area contributed by atoms with Crippen LogP contribution < -0.4 is 5.30 Å². The predicted molar refractivity (Wildman–Crippen MR) is 114 cm³/mol. The SMILES string of the molecule is CCCCCC(CC)P(O)(O)(c1ccccc1)C(CC)CCCCC. The van der Waals surface area contributed by atoms with Gasteiger partial charge in [0.25, 0.3) is 0 Å². The van der Waals surface area contributed by atoms with E-state index in [0.717, 1.165) is 43.8 Å². The van der Waals surface area contributed by atoms with Gasteiger partial charge in [0.15, 0.2) is 0 Å². The summed E-state index contributed by atoms with van der Waals surface area (Å²) in [6.45, 7) is 8.67. The van der Waals surface area contributed by atoms with Crippen molar-refractivity contribution >= 4 is 12.4 Å². The standard InChI is InChI=1S/C22H41O2P/c1-5-9-12-16-20(7-3)25(23,24,22-18-14-11-15-19-22)21(8-4)17-13-10-6-2/h11,14-15,18-21,23-24H,5-10,12-13,16-17H2,1-4H3. The van der Waals surface area contributed by atoms with Crippen molar-refractivity contribution in [1.29, 1.82) is 0 Å². The van der Waals surface area contributed by atoms with Crippen molar-refractivity contribution in [2.45, 2.75) is 103 Å². The van der Waals surface area contributed by atoms with Crippen LogP contribution in [0.5, 0.6) is 0 Å². The summed E-state index contributed by atoms with van der Waals surface area (Å²) < 4.78 is 0. The molecule has 0 bridgehead atoms. The summed E-state index contributed by atoms with van der Waals surface area (Å²) >= 11 is 0. The van der Waals surface area contributed by atoms with E-state index >= 15 is 0 Å². The summed E-state index contributed by atoms with van der Waals surface area (Å²) in [6, 6.07) is 9.81. The molecule has 0 heterocycles. The van der Waals surface area contributed by atoms with E-state index < -0.39 is 7.06 Å². The molecule has 0 saturated carbocycles. The summed E-state index contributed by atoms with van der Waals surface area (Å²) in [5.41, 5.74) is -0.0157. The van der Waals surface area contributed by atoms with Crippen LogP contribution in [0.15, 0.2) is 30.3 Å². The molecule has 2 N–H and O–H groups in total. The fourth-order valence-electron chi connectivity index (χ4n) is 4.35. The van der Waals surface area contributed by atoms with Crippen LogP contribution in [0.1, 0.15) is 91.9 Å². The third kappa shape index (κ3) is 5.28. The molecule has 2 unspecified atom stereocenters. The zero-order chi connectivity index (χ0) is 18.8. The van der Waals surface area contributed by atoms with Crippen molar-refractivity contribution in [3.8, 4) is 0 Å². The number of hydrogen-bond donors (Lipinski definition) is 2. The number of rotatable bonds is 13. The van der Waals surface area contributed by atoms with Crippen molar-refractivity contribution in [3.05, 3.63) is 30.3 Å². The molecule has 146 valence electrons. The Morgan fingerprint density at radius 2 is 1.16 bits per heavy atom. The van der Waals surface area contributed by atoms with E-state index in [9.17, 15) is 9.79 Å². The number of benzene rings is 1. The molecule has 0 aliphatic heterocycles. The first-order valence-corrected chi connectivity index (χ1v) is 12.8. The van der Waals surface area contributed by atoms with Gasteiger partial charge >= 0.3 is 156 Å². The summed E-state index contributed by atoms with van der Waals surface area (Å²) in [4.78, 5) is 24.3. The zero-order valence-corrected chi connectivity index (χ0v) is 17.8. The van der Waals surface area contributed by atoms with E-state index in [1.165, 1.54) is 25.7 Å². The van der Waals surface area contributed by atoms with E-state index in [0.29, 0.717) is 0 Å². The van der Waals surface area contributed by atoms with Crippen molar-refractivity contribution in [1.82, 2.24) is 0 Å². The Balaban J connectivity index is 3.28. The summed E-state index contributed by atoms with van der Waals surface area (Å²) in [7, 11) is -3.99. The normalized spacial score (nSPS) is 16.2. The van der Waals surface area contributed by atoms with Gasteiger partial charge in [0.05, 0.1) is 0 Å². The first-order chi connectivity index (χ1) is 11.9. The molecule has 0 amide bonds. The van der Waals surface area contributed by atoms with Gasteiger partial charge in [-0.3, -0.25) is 0 Å². The molecule has 25 heavy (non-hydrogen) atoms. The number of hydrogen-bond acceptors (Lipinski definition) is 2. The second kappa shape index (κ2) is 10.7. The van der Waals surface area contributed by atoms with Gasteiger partial charge in [-0.2, -0.15) is 0 Å². The fourth-order valence-corrected chi connectivity index (χ4v) is 9.40. The molecule has 1 aromatic rings. The molecule has 2 nitrogen and oxygen atoms in total. The van der Waals surface area contributed by atoms with E-state index in [1.54, 1.807) is 0 Å². The van der Waals surface area contributed by atoms with Crippen LogP contribution in [0.3, 0.4) is 0 Å². The van der Waals surface area contributed by atoms with Crippen LogP contribution in [0.4, 0.5) is 0 Å². The summed E-state index contributed by atoms with van der Waals surface area (Å²) in [5, 5.41) is 0.806. The molecule has 2 atom stereocenters. The monoisotopic (exact) mass is 368 g/mol. The van der Waals surface area contributed by atoms with Crippen LogP contribution in [0.2, 0.25) is 0 Å². The molecule has 0 aliphatic rings. The van der Waals surface area contributed by atoms with Crippen molar-refractivity contribution in [2.75, 3.05) is 0 Å². The molecule has 1 aromatic carbocycles. The van der Waals surface area contributed by atoms with Crippen LogP contribution >= 0.6 is 7.06 Å². The Labute approximate surface area is 156 Å². The molecule has 0 saturated heterocycles. The number of unbranched alkanes of at least 4 members (excludes halogenated alkanes) is 4. The first kappa shape index (κ1) is 22.6. The van der Waals surface area contributed by atoms with Crippen molar-refractivity contribution < 1.29 is 9.79 Å². The average molecular weight is 369 g/mol. The minimum absolute atomic E-state index is 0.00785. The molecule has 0 aromatic heterocycles. The van der Waals surface area contributed by atoms with Gasteiger partial charge in [-0.1, -0.05) is 0 Å². The second-order valence-electron chi connectivity index (χ2n) is 7.61. The third-order valence-corrected chi connectivity index (χ3v) is 11.4. The van der Waals surface area contributed by atoms with E-state index in [1.807, 2.05) is 30.3 Å². The Bertz CT molecular complexity index is 450. The van der Waals surface area contributed by atoms with Gasteiger partial charge in [0.2, 0.25) is 0 Å². The molecular weight excluding hydrogens is 327 g/mol. The van der Waals surface area contributed by atoms with Crippen LogP contribution in [-0.4, -0.2) is 21.1 Å². The predicted octanol–water partition coefficient (Wildman–Crippen LogP) is 6.40. The zero-order valence-electron chi connectivity index (χ0n) is 17.0. The van der Waals surface area contributed by atoms with Gasteiger partial charge < -0.3 is 0 Å². The topological polar surface area (TPSA) is 40.5 Å². The van der Waals surface area contributed by atoms with Gasteiger partial charge in [-0.05, 0) is 0 Å². The fraction of sp³-hybridized carbons (Fsp3) is 0.727. The minimum atomic E-state index is -3.99. The van der Waals surface area contributed by atoms with Crippen LogP contribution in [-0.2, 0) is 0 Å². The van der Waals surface area contributed by atoms with Crippen LogP contribution in [0.25, 0.3) is 0 Å². The first-order valence-electron chi connectivity index (χ1n) is 10.5. The Hall–Kier alpha value is -0.430. The van der Waals surface area contributed by atoms with Crippen LogP contribution in [0, 0.1) is 0 Å². The van der Waals surface area contributed by atoms with E-state index in [-0.39, 0.29) is 11.3 Å². The molecule has 0 spiro atoms. The Kier molecular flexibility index (Phi) is 9.64. The van der Waals surface area contributed by atoms with Crippen molar-refractivity contribution in [2.24, 2.45) is 0 Å². The van der Waals surface area contributed by atoms with Gasteiger partial charge in [0, 0.05) is 0 Å². The maximum absolute atomic E-state index is 12.2. The van der Waals surface area contributed by atoms with Gasteiger partial charge in [-0.25, -0.2) is 0 Å². The maximum atomic E-state index is 12.2. The Morgan fingerprint density at radius 3 is 1.52 bits per heavy atom. The molecule has 0 radical (unpaired) electrons. The third-order valence-electron chi connectivity index (χ3n) is 5.95. The quantitative estimate of drug-likeness (QED) is 0.312. The summed E-state index contributed by atoms with van der Waals surface area (Å²) in [5.74, 6) is 0. The molecule has 1 rings (SSSR count). The van der Waals surface area contributed by atoms with E-state index in [4.69, 9.17) is 0 Å². The van der Waals surface area contributed by atoms with Crippen molar-refractivity contribution in [3.63, 3.8) is 0 Å². The van der Waals surface area contributed by atoms with Gasteiger partial charge in [0.1, 0.15) is 0 Å².